The SMILES string of the molecule is O=C1c2ccccc2S(=O)(=O)N1Cc1nc(C2CCCC2)no1. The Morgan fingerprint density at radius 3 is 2.70 bits per heavy atom. The highest BCUT2D eigenvalue weighted by molar-refractivity contribution is 7.90. The van der Waals surface area contributed by atoms with E-state index in [9.17, 15) is 13.2 Å². The number of fused-ring (bicyclic) bond motifs is 1. The molecular formula is C15H15N3O4S. The summed E-state index contributed by atoms with van der Waals surface area (Å²) in [5, 5.41) is 3.94. The second-order valence-corrected chi connectivity index (χ2v) is 7.67. The van der Waals surface area contributed by atoms with Crippen molar-refractivity contribution in [1.29, 1.82) is 0 Å². The average Bonchev–Trinajstić information content (AvgIpc) is 3.25. The van der Waals surface area contributed by atoms with Crippen LogP contribution in [0.4, 0.5) is 0 Å². The molecule has 1 aromatic carbocycles. The Morgan fingerprint density at radius 1 is 1.22 bits per heavy atom. The predicted octanol–water partition coefficient (Wildman–Crippen LogP) is 2.07. The second-order valence-electron chi connectivity index (χ2n) is 5.84. The van der Waals surface area contributed by atoms with Crippen molar-refractivity contribution < 1.29 is 17.7 Å². The number of carbonyl (C=O) groups is 1. The van der Waals surface area contributed by atoms with E-state index in [-0.39, 0.29) is 28.8 Å². The van der Waals surface area contributed by atoms with Gasteiger partial charge in [0.2, 0.25) is 5.89 Å². The Labute approximate surface area is 133 Å². The zero-order valence-corrected chi connectivity index (χ0v) is 13.1. The van der Waals surface area contributed by atoms with Crippen LogP contribution in [0.2, 0.25) is 0 Å². The molecule has 7 nitrogen and oxygen atoms in total. The summed E-state index contributed by atoms with van der Waals surface area (Å²) in [6, 6.07) is 6.17. The molecule has 1 fully saturated rings. The third kappa shape index (κ3) is 2.24. The maximum atomic E-state index is 12.5. The molecule has 23 heavy (non-hydrogen) atoms. The zero-order chi connectivity index (χ0) is 16.0. The van der Waals surface area contributed by atoms with Crippen LogP contribution in [0.15, 0.2) is 33.7 Å². The lowest BCUT2D eigenvalue weighted by Crippen LogP contribution is -2.29. The van der Waals surface area contributed by atoms with Crippen molar-refractivity contribution in [3.63, 3.8) is 0 Å². The minimum atomic E-state index is -3.85. The van der Waals surface area contributed by atoms with Crippen molar-refractivity contribution in [3.8, 4) is 0 Å². The smallest absolute Gasteiger partial charge is 0.269 e. The number of aromatic nitrogens is 2. The molecule has 0 radical (unpaired) electrons. The summed E-state index contributed by atoms with van der Waals surface area (Å²) in [5.74, 6) is 0.479. The molecule has 1 aromatic heterocycles. The van der Waals surface area contributed by atoms with E-state index in [0.29, 0.717) is 5.82 Å². The van der Waals surface area contributed by atoms with Crippen molar-refractivity contribution in [3.05, 3.63) is 41.5 Å². The summed E-state index contributed by atoms with van der Waals surface area (Å²) in [6.45, 7) is -0.227. The van der Waals surface area contributed by atoms with E-state index < -0.39 is 15.9 Å². The molecule has 2 aromatic rings. The number of hydrogen-bond acceptors (Lipinski definition) is 6. The fraction of sp³-hybridized carbons (Fsp3) is 0.400. The van der Waals surface area contributed by atoms with Gasteiger partial charge in [0.05, 0.1) is 5.56 Å². The molecule has 120 valence electrons. The summed E-state index contributed by atoms with van der Waals surface area (Å²) in [5.41, 5.74) is 0.183. The summed E-state index contributed by atoms with van der Waals surface area (Å²) in [6.07, 6.45) is 4.32. The summed E-state index contributed by atoms with van der Waals surface area (Å²) < 4.78 is 30.9. The van der Waals surface area contributed by atoms with Gasteiger partial charge in [-0.1, -0.05) is 30.1 Å². The summed E-state index contributed by atoms with van der Waals surface area (Å²) in [7, 11) is -3.85. The van der Waals surface area contributed by atoms with Crippen molar-refractivity contribution in [2.45, 2.75) is 43.0 Å². The van der Waals surface area contributed by atoms with Gasteiger partial charge in [-0.3, -0.25) is 4.79 Å². The molecule has 1 aliphatic heterocycles. The molecule has 8 heteroatoms. The Kier molecular flexibility index (Phi) is 3.22. The van der Waals surface area contributed by atoms with Crippen molar-refractivity contribution >= 4 is 15.9 Å². The van der Waals surface area contributed by atoms with Crippen molar-refractivity contribution in [2.75, 3.05) is 0 Å². The van der Waals surface area contributed by atoms with Gasteiger partial charge >= 0.3 is 0 Å². The molecule has 2 heterocycles. The number of sulfonamides is 1. The number of benzene rings is 1. The summed E-state index contributed by atoms with van der Waals surface area (Å²) in [4.78, 5) is 16.6. The topological polar surface area (TPSA) is 93.4 Å². The minimum absolute atomic E-state index is 0.0283. The highest BCUT2D eigenvalue weighted by atomic mass is 32.2. The monoisotopic (exact) mass is 333 g/mol. The van der Waals surface area contributed by atoms with Gasteiger partial charge in [0.25, 0.3) is 15.9 Å². The van der Waals surface area contributed by atoms with Crippen LogP contribution in [0.5, 0.6) is 0 Å². The van der Waals surface area contributed by atoms with E-state index >= 15 is 0 Å². The van der Waals surface area contributed by atoms with Gasteiger partial charge in [-0.05, 0) is 25.0 Å². The molecule has 1 amide bonds. The lowest BCUT2D eigenvalue weighted by Gasteiger charge is -2.11. The van der Waals surface area contributed by atoms with Gasteiger partial charge in [-0.15, -0.1) is 0 Å². The normalized spacial score (nSPS) is 20.2. The van der Waals surface area contributed by atoms with Gasteiger partial charge in [0.15, 0.2) is 5.82 Å². The van der Waals surface area contributed by atoms with Crippen LogP contribution in [0.1, 0.15) is 53.7 Å². The Morgan fingerprint density at radius 2 is 1.96 bits per heavy atom. The van der Waals surface area contributed by atoms with Crippen molar-refractivity contribution in [1.82, 2.24) is 14.4 Å². The van der Waals surface area contributed by atoms with Gasteiger partial charge < -0.3 is 4.52 Å². The minimum Gasteiger partial charge on any atom is -0.337 e. The average molecular weight is 333 g/mol. The first-order valence-electron chi connectivity index (χ1n) is 7.56. The Balaban J connectivity index is 1.61. The largest absolute Gasteiger partial charge is 0.337 e. The van der Waals surface area contributed by atoms with E-state index in [4.69, 9.17) is 4.52 Å². The lowest BCUT2D eigenvalue weighted by atomic mass is 10.1. The van der Waals surface area contributed by atoms with Gasteiger partial charge in [-0.2, -0.15) is 4.98 Å². The number of rotatable bonds is 3. The molecule has 1 saturated carbocycles. The van der Waals surface area contributed by atoms with Crippen molar-refractivity contribution in [2.24, 2.45) is 0 Å². The van der Waals surface area contributed by atoms with Crippen LogP contribution < -0.4 is 0 Å². The maximum absolute atomic E-state index is 12.5. The van der Waals surface area contributed by atoms with Crippen LogP contribution in [0.3, 0.4) is 0 Å². The zero-order valence-electron chi connectivity index (χ0n) is 12.3. The maximum Gasteiger partial charge on any atom is 0.269 e. The number of carbonyl (C=O) groups excluding carboxylic acids is 1. The third-order valence-electron chi connectivity index (χ3n) is 4.40. The second kappa shape index (κ2) is 5.16. The molecule has 2 aliphatic rings. The number of hydrogen-bond donors (Lipinski definition) is 0. The molecule has 1 aliphatic carbocycles. The fourth-order valence-corrected chi connectivity index (χ4v) is 4.71. The first kappa shape index (κ1) is 14.4. The first-order valence-corrected chi connectivity index (χ1v) is 9.00. The van der Waals surface area contributed by atoms with E-state index in [1.165, 1.54) is 12.1 Å². The highest BCUT2D eigenvalue weighted by Gasteiger charge is 2.41. The molecule has 0 atom stereocenters. The predicted molar refractivity (Wildman–Crippen MR) is 79.0 cm³/mol. The van der Waals surface area contributed by atoms with Crippen LogP contribution in [0.25, 0.3) is 0 Å². The molecular weight excluding hydrogens is 318 g/mol. The van der Waals surface area contributed by atoms with Gasteiger partial charge in [0, 0.05) is 5.92 Å². The molecule has 0 saturated heterocycles. The van der Waals surface area contributed by atoms with E-state index in [0.717, 1.165) is 30.0 Å². The van der Waals surface area contributed by atoms with Crippen LogP contribution in [0, 0.1) is 0 Å². The Bertz CT molecular complexity index is 868. The van der Waals surface area contributed by atoms with Gasteiger partial charge in [0.1, 0.15) is 11.4 Å². The lowest BCUT2D eigenvalue weighted by molar-refractivity contribution is 0.0855. The third-order valence-corrected chi connectivity index (χ3v) is 6.18. The summed E-state index contributed by atoms with van der Waals surface area (Å²) >= 11 is 0. The number of nitrogens with zero attached hydrogens (tertiary/aromatic N) is 3. The van der Waals surface area contributed by atoms with E-state index in [2.05, 4.69) is 10.1 Å². The van der Waals surface area contributed by atoms with Crippen LogP contribution in [-0.2, 0) is 16.6 Å². The standard InChI is InChI=1S/C15H15N3O4S/c19-15-11-7-3-4-8-12(11)23(20,21)18(15)9-13-16-14(17-22-13)10-5-1-2-6-10/h3-4,7-8,10H,1-2,5-6,9H2. The number of amides is 1. The molecule has 4 rings (SSSR count). The first-order chi connectivity index (χ1) is 11.1. The van der Waals surface area contributed by atoms with Crippen LogP contribution >= 0.6 is 0 Å². The van der Waals surface area contributed by atoms with Gasteiger partial charge in [-0.25, -0.2) is 12.7 Å². The fourth-order valence-electron chi connectivity index (χ4n) is 3.19. The quantitative estimate of drug-likeness (QED) is 0.853. The Hall–Kier alpha value is -2.22. The van der Waals surface area contributed by atoms with E-state index in [1.807, 2.05) is 0 Å². The molecule has 0 spiro atoms. The molecule has 0 bridgehead atoms. The van der Waals surface area contributed by atoms with Crippen LogP contribution in [-0.4, -0.2) is 28.8 Å². The van der Waals surface area contributed by atoms with E-state index in [1.54, 1.807) is 12.1 Å². The molecule has 0 N–H and O–H groups in total. The highest BCUT2D eigenvalue weighted by Crippen LogP contribution is 2.33. The molecule has 0 unspecified atom stereocenters.